The number of amides is 4. The van der Waals surface area contributed by atoms with Gasteiger partial charge in [-0.05, 0) is 27.2 Å². The van der Waals surface area contributed by atoms with E-state index in [2.05, 4.69) is 26.8 Å². The lowest BCUT2D eigenvalue weighted by atomic mass is 10.2. The third-order valence-corrected chi connectivity index (χ3v) is 2.91. The van der Waals surface area contributed by atoms with E-state index in [9.17, 15) is 14.4 Å². The predicted octanol–water partition coefficient (Wildman–Crippen LogP) is 1.13. The summed E-state index contributed by atoms with van der Waals surface area (Å²) in [6, 6.07) is -0.673. The molecule has 8 heteroatoms. The summed E-state index contributed by atoms with van der Waals surface area (Å²) in [6.45, 7) is 5.42. The number of imide groups is 1. The van der Waals surface area contributed by atoms with Crippen molar-refractivity contribution in [1.29, 1.82) is 0 Å². The Balaban J connectivity index is 2.38. The second kappa shape index (κ2) is 5.55. The number of likely N-dealkylation sites (tertiary alicyclic amines) is 1. The summed E-state index contributed by atoms with van der Waals surface area (Å²) >= 11 is 3.15. The second-order valence-corrected chi connectivity index (χ2v) is 5.91. The fraction of sp³-hybridized carbons (Fsp3) is 0.700. The molecule has 0 bridgehead atoms. The van der Waals surface area contributed by atoms with E-state index in [1.54, 1.807) is 20.8 Å². The van der Waals surface area contributed by atoms with E-state index in [-0.39, 0.29) is 10.7 Å². The Morgan fingerprint density at radius 2 is 2.00 bits per heavy atom. The average Bonchev–Trinajstić information content (AvgIpc) is 2.54. The number of urea groups is 1. The summed E-state index contributed by atoms with van der Waals surface area (Å²) in [5.41, 5.74) is 3.55. The summed E-state index contributed by atoms with van der Waals surface area (Å²) in [5, 5.41) is 0. The summed E-state index contributed by atoms with van der Waals surface area (Å²) in [6.07, 6.45) is -0.225. The lowest BCUT2D eigenvalue weighted by Crippen LogP contribution is -2.50. The van der Waals surface area contributed by atoms with Crippen LogP contribution in [0.3, 0.4) is 0 Å². The maximum Gasteiger partial charge on any atom is 0.426 e. The third-order valence-electron chi connectivity index (χ3n) is 2.06. The molecule has 1 atom stereocenters. The molecule has 0 radical (unpaired) electrons. The first-order valence-electron chi connectivity index (χ1n) is 5.45. The van der Waals surface area contributed by atoms with E-state index >= 15 is 0 Å². The van der Waals surface area contributed by atoms with Crippen molar-refractivity contribution in [3.8, 4) is 0 Å². The average molecular weight is 322 g/mol. The van der Waals surface area contributed by atoms with Gasteiger partial charge >= 0.3 is 12.1 Å². The van der Waals surface area contributed by atoms with Crippen LogP contribution < -0.4 is 10.9 Å². The van der Waals surface area contributed by atoms with E-state index < -0.39 is 17.7 Å². The molecule has 0 aliphatic carbocycles. The van der Waals surface area contributed by atoms with Crippen molar-refractivity contribution in [2.24, 2.45) is 0 Å². The molecule has 1 aliphatic heterocycles. The highest BCUT2D eigenvalue weighted by Crippen LogP contribution is 2.17. The van der Waals surface area contributed by atoms with Gasteiger partial charge in [0.1, 0.15) is 5.60 Å². The third kappa shape index (κ3) is 4.17. The number of carbonyl (C=O) groups is 3. The minimum absolute atomic E-state index is 0.316. The molecule has 1 rings (SSSR count). The zero-order valence-electron chi connectivity index (χ0n) is 10.4. The molecule has 102 valence electrons. The van der Waals surface area contributed by atoms with Crippen molar-refractivity contribution in [2.75, 3.05) is 6.54 Å². The predicted molar refractivity (Wildman–Crippen MR) is 66.9 cm³/mol. The first kappa shape index (κ1) is 14.7. The van der Waals surface area contributed by atoms with E-state index in [1.165, 1.54) is 0 Å². The Kier molecular flexibility index (Phi) is 4.55. The highest BCUT2D eigenvalue weighted by atomic mass is 79.9. The SMILES string of the molecule is CC(C)(C)OC(=O)NNC(=O)N1CCC(Br)C1=O. The first-order chi connectivity index (χ1) is 8.20. The van der Waals surface area contributed by atoms with E-state index in [0.29, 0.717) is 13.0 Å². The molecule has 7 nitrogen and oxygen atoms in total. The number of hydrogen-bond acceptors (Lipinski definition) is 4. The fourth-order valence-corrected chi connectivity index (χ4v) is 1.77. The Morgan fingerprint density at radius 3 is 2.44 bits per heavy atom. The number of hydrazine groups is 1. The van der Waals surface area contributed by atoms with Crippen molar-refractivity contribution in [3.63, 3.8) is 0 Å². The summed E-state index contributed by atoms with van der Waals surface area (Å²) in [4.78, 5) is 35.0. The van der Waals surface area contributed by atoms with Crippen LogP contribution in [0.1, 0.15) is 27.2 Å². The van der Waals surface area contributed by atoms with Crippen LogP contribution in [0.4, 0.5) is 9.59 Å². The van der Waals surface area contributed by atoms with Crippen LogP contribution in [-0.4, -0.2) is 39.9 Å². The molecule has 1 unspecified atom stereocenters. The number of rotatable bonds is 0. The second-order valence-electron chi connectivity index (χ2n) is 4.80. The molecular weight excluding hydrogens is 306 g/mol. The number of halogens is 1. The molecule has 1 fully saturated rings. The van der Waals surface area contributed by atoms with Gasteiger partial charge in [0, 0.05) is 6.54 Å². The summed E-state index contributed by atoms with van der Waals surface area (Å²) < 4.78 is 4.92. The van der Waals surface area contributed by atoms with Gasteiger partial charge in [-0.15, -0.1) is 0 Å². The van der Waals surface area contributed by atoms with Gasteiger partial charge in [-0.25, -0.2) is 20.4 Å². The van der Waals surface area contributed by atoms with Crippen LogP contribution in [0.5, 0.6) is 0 Å². The van der Waals surface area contributed by atoms with Crippen LogP contribution >= 0.6 is 15.9 Å². The van der Waals surface area contributed by atoms with Crippen LogP contribution in [0.15, 0.2) is 0 Å². The number of nitrogens with one attached hydrogen (secondary N) is 2. The zero-order chi connectivity index (χ0) is 13.9. The molecule has 0 aromatic heterocycles. The molecule has 1 aliphatic rings. The Labute approximate surface area is 113 Å². The van der Waals surface area contributed by atoms with E-state index in [0.717, 1.165) is 4.90 Å². The number of hydrogen-bond donors (Lipinski definition) is 2. The maximum atomic E-state index is 11.6. The monoisotopic (exact) mass is 321 g/mol. The van der Waals surface area contributed by atoms with Gasteiger partial charge in [0.25, 0.3) is 0 Å². The smallest absolute Gasteiger partial charge is 0.426 e. The van der Waals surface area contributed by atoms with Gasteiger partial charge in [0.15, 0.2) is 0 Å². The standard InChI is InChI=1S/C10H16BrN3O4/c1-10(2,3)18-9(17)13-12-8(16)14-5-4-6(11)7(14)15/h6H,4-5H2,1-3H3,(H,12,16)(H,13,17). The molecule has 18 heavy (non-hydrogen) atoms. The highest BCUT2D eigenvalue weighted by molar-refractivity contribution is 9.10. The van der Waals surface area contributed by atoms with Gasteiger partial charge in [-0.3, -0.25) is 9.69 Å². The van der Waals surface area contributed by atoms with Gasteiger partial charge in [-0.1, -0.05) is 15.9 Å². The van der Waals surface area contributed by atoms with Crippen molar-refractivity contribution in [1.82, 2.24) is 15.8 Å². The van der Waals surface area contributed by atoms with E-state index in [1.807, 2.05) is 0 Å². The van der Waals surface area contributed by atoms with Crippen molar-refractivity contribution in [2.45, 2.75) is 37.6 Å². The van der Waals surface area contributed by atoms with Crippen LogP contribution in [0.2, 0.25) is 0 Å². The molecule has 4 amide bonds. The molecule has 2 N–H and O–H groups in total. The molecule has 0 saturated carbocycles. The minimum atomic E-state index is -0.780. The summed E-state index contributed by atoms with van der Waals surface area (Å²) in [5.74, 6) is -0.321. The molecular formula is C10H16BrN3O4. The Bertz CT molecular complexity index is 367. The highest BCUT2D eigenvalue weighted by Gasteiger charge is 2.34. The lowest BCUT2D eigenvalue weighted by molar-refractivity contribution is -0.124. The lowest BCUT2D eigenvalue weighted by Gasteiger charge is -2.20. The number of carbonyl (C=O) groups excluding carboxylic acids is 3. The van der Waals surface area contributed by atoms with Gasteiger partial charge in [0.05, 0.1) is 4.83 Å². The van der Waals surface area contributed by atoms with Crippen molar-refractivity contribution < 1.29 is 19.1 Å². The first-order valence-corrected chi connectivity index (χ1v) is 6.36. The fourth-order valence-electron chi connectivity index (χ4n) is 1.32. The van der Waals surface area contributed by atoms with Gasteiger partial charge < -0.3 is 4.74 Å². The number of nitrogens with zero attached hydrogens (tertiary/aromatic N) is 1. The molecule has 0 spiro atoms. The summed E-state index contributed by atoms with van der Waals surface area (Å²) in [7, 11) is 0. The van der Waals surface area contributed by atoms with Crippen molar-refractivity contribution in [3.05, 3.63) is 0 Å². The zero-order valence-corrected chi connectivity index (χ0v) is 12.0. The molecule has 1 heterocycles. The minimum Gasteiger partial charge on any atom is -0.443 e. The van der Waals surface area contributed by atoms with Crippen LogP contribution in [0.25, 0.3) is 0 Å². The van der Waals surface area contributed by atoms with Crippen molar-refractivity contribution >= 4 is 34.0 Å². The quantitative estimate of drug-likeness (QED) is 0.517. The topological polar surface area (TPSA) is 87.7 Å². The van der Waals surface area contributed by atoms with E-state index in [4.69, 9.17) is 4.74 Å². The maximum absolute atomic E-state index is 11.6. The Morgan fingerprint density at radius 1 is 1.39 bits per heavy atom. The molecule has 0 aromatic rings. The number of alkyl halides is 1. The Hall–Kier alpha value is -1.31. The molecule has 1 saturated heterocycles. The van der Waals surface area contributed by atoms with Gasteiger partial charge in [0.2, 0.25) is 5.91 Å². The van der Waals surface area contributed by atoms with Crippen LogP contribution in [0, 0.1) is 0 Å². The van der Waals surface area contributed by atoms with Crippen LogP contribution in [-0.2, 0) is 9.53 Å². The normalized spacial score (nSPS) is 19.7. The number of ether oxygens (including phenoxy) is 1. The largest absolute Gasteiger partial charge is 0.443 e. The van der Waals surface area contributed by atoms with Gasteiger partial charge in [-0.2, -0.15) is 0 Å². The molecule has 0 aromatic carbocycles.